The molecule has 0 aliphatic carbocycles. The van der Waals surface area contributed by atoms with Crippen molar-refractivity contribution >= 4 is 17.3 Å². The Hall–Kier alpha value is -2.67. The van der Waals surface area contributed by atoms with Crippen molar-refractivity contribution in [2.75, 3.05) is 6.61 Å². The monoisotopic (exact) mass is 372 g/mol. The van der Waals surface area contributed by atoms with Gasteiger partial charge in [-0.05, 0) is 34.6 Å². The molecule has 0 amide bonds. The van der Waals surface area contributed by atoms with E-state index >= 15 is 0 Å². The van der Waals surface area contributed by atoms with Crippen LogP contribution in [-0.2, 0) is 21.6 Å². The summed E-state index contributed by atoms with van der Waals surface area (Å²) in [5.74, 6) is 0.853. The highest BCUT2D eigenvalue weighted by Crippen LogP contribution is 2.24. The van der Waals surface area contributed by atoms with Crippen LogP contribution in [0.25, 0.3) is 10.7 Å². The number of carbonyl (C=O) groups excluding carboxylic acids is 1. The lowest BCUT2D eigenvalue weighted by molar-refractivity contribution is -0.148. The Morgan fingerprint density at radius 1 is 1.19 bits per heavy atom. The molecule has 0 radical (unpaired) electrons. The van der Waals surface area contributed by atoms with Crippen LogP contribution < -0.4 is 4.74 Å². The van der Waals surface area contributed by atoms with Crippen molar-refractivity contribution in [3.63, 3.8) is 0 Å². The summed E-state index contributed by atoms with van der Waals surface area (Å²) in [4.78, 5) is 16.9. The van der Waals surface area contributed by atoms with E-state index in [1.807, 2.05) is 41.8 Å². The van der Waals surface area contributed by atoms with Crippen LogP contribution >= 0.6 is 11.3 Å². The van der Waals surface area contributed by atoms with Gasteiger partial charge in [0, 0.05) is 0 Å². The van der Waals surface area contributed by atoms with Gasteiger partial charge in [0.15, 0.2) is 13.2 Å². The van der Waals surface area contributed by atoms with Gasteiger partial charge in [0.1, 0.15) is 5.75 Å². The van der Waals surface area contributed by atoms with Gasteiger partial charge in [-0.2, -0.15) is 4.98 Å². The van der Waals surface area contributed by atoms with Gasteiger partial charge >= 0.3 is 5.97 Å². The van der Waals surface area contributed by atoms with Crippen LogP contribution in [0, 0.1) is 0 Å². The standard InChI is InChI=1S/C19H20N2O4S/c1-19(2,3)13-6-8-14(9-7-13)23-12-17(22)24-11-16-20-18(21-25-16)15-5-4-10-26-15/h4-10H,11-12H2,1-3H3. The highest BCUT2D eigenvalue weighted by molar-refractivity contribution is 7.13. The first-order chi connectivity index (χ1) is 12.4. The normalized spacial score (nSPS) is 11.3. The third-order valence-electron chi connectivity index (χ3n) is 3.64. The number of nitrogens with zero attached hydrogens (tertiary/aromatic N) is 2. The molecule has 136 valence electrons. The molecular formula is C19H20N2O4S. The second-order valence-electron chi connectivity index (χ2n) is 6.71. The van der Waals surface area contributed by atoms with Gasteiger partial charge in [0.05, 0.1) is 4.88 Å². The highest BCUT2D eigenvalue weighted by atomic mass is 32.1. The first kappa shape index (κ1) is 18.1. The van der Waals surface area contributed by atoms with E-state index in [0.717, 1.165) is 4.88 Å². The SMILES string of the molecule is CC(C)(C)c1ccc(OCC(=O)OCc2nc(-c3cccs3)no2)cc1. The maximum Gasteiger partial charge on any atom is 0.344 e. The number of carbonyl (C=O) groups is 1. The molecule has 26 heavy (non-hydrogen) atoms. The van der Waals surface area contributed by atoms with Gasteiger partial charge in [-0.3, -0.25) is 0 Å². The zero-order valence-corrected chi connectivity index (χ0v) is 15.7. The quantitative estimate of drug-likeness (QED) is 0.603. The third-order valence-corrected chi connectivity index (χ3v) is 4.51. The number of ether oxygens (including phenoxy) is 2. The minimum Gasteiger partial charge on any atom is -0.482 e. The summed E-state index contributed by atoms with van der Waals surface area (Å²) in [5, 5.41) is 5.79. The number of hydrogen-bond donors (Lipinski definition) is 0. The summed E-state index contributed by atoms with van der Waals surface area (Å²) in [5.41, 5.74) is 1.27. The molecule has 3 aromatic rings. The van der Waals surface area contributed by atoms with Crippen LogP contribution in [-0.4, -0.2) is 22.7 Å². The molecule has 1 aromatic carbocycles. The van der Waals surface area contributed by atoms with E-state index in [0.29, 0.717) is 11.6 Å². The highest BCUT2D eigenvalue weighted by Gasteiger charge is 2.14. The lowest BCUT2D eigenvalue weighted by atomic mass is 9.87. The Kier molecular flexibility index (Phi) is 5.37. The summed E-state index contributed by atoms with van der Waals surface area (Å²) >= 11 is 1.51. The molecule has 0 unspecified atom stereocenters. The molecule has 0 aliphatic rings. The Morgan fingerprint density at radius 3 is 2.62 bits per heavy atom. The van der Waals surface area contributed by atoms with Gasteiger partial charge in [-0.15, -0.1) is 11.3 Å². The van der Waals surface area contributed by atoms with E-state index < -0.39 is 5.97 Å². The van der Waals surface area contributed by atoms with Crippen molar-refractivity contribution in [1.29, 1.82) is 0 Å². The molecule has 0 spiro atoms. The van der Waals surface area contributed by atoms with Gasteiger partial charge in [0.25, 0.3) is 5.89 Å². The first-order valence-electron chi connectivity index (χ1n) is 8.17. The molecular weight excluding hydrogens is 352 g/mol. The van der Waals surface area contributed by atoms with Crippen molar-refractivity contribution in [2.45, 2.75) is 32.8 Å². The fourth-order valence-electron chi connectivity index (χ4n) is 2.20. The summed E-state index contributed by atoms with van der Waals surface area (Å²) in [7, 11) is 0. The van der Waals surface area contributed by atoms with E-state index in [9.17, 15) is 4.79 Å². The molecule has 0 atom stereocenters. The number of esters is 1. The fourth-order valence-corrected chi connectivity index (χ4v) is 2.85. The zero-order chi connectivity index (χ0) is 18.6. The van der Waals surface area contributed by atoms with Crippen LogP contribution in [0.5, 0.6) is 5.75 Å². The Labute approximate surface area is 155 Å². The Morgan fingerprint density at radius 2 is 1.96 bits per heavy atom. The van der Waals surface area contributed by atoms with Crippen LogP contribution in [0.2, 0.25) is 0 Å². The summed E-state index contributed by atoms with van der Waals surface area (Å²) < 4.78 is 15.6. The molecule has 0 bridgehead atoms. The molecule has 3 rings (SSSR count). The number of aromatic nitrogens is 2. The molecule has 0 fully saturated rings. The maximum atomic E-state index is 11.8. The predicted octanol–water partition coefficient (Wildman–Crippen LogP) is 4.22. The van der Waals surface area contributed by atoms with Crippen LogP contribution in [0.3, 0.4) is 0 Å². The largest absolute Gasteiger partial charge is 0.482 e. The van der Waals surface area contributed by atoms with Gasteiger partial charge in [-0.1, -0.05) is 44.1 Å². The lowest BCUT2D eigenvalue weighted by Crippen LogP contribution is -2.15. The fraction of sp³-hybridized carbons (Fsp3) is 0.316. The maximum absolute atomic E-state index is 11.8. The van der Waals surface area contributed by atoms with E-state index in [1.54, 1.807) is 0 Å². The van der Waals surface area contributed by atoms with Crippen molar-refractivity contribution in [3.05, 3.63) is 53.2 Å². The van der Waals surface area contributed by atoms with E-state index in [1.165, 1.54) is 16.9 Å². The van der Waals surface area contributed by atoms with E-state index in [-0.39, 0.29) is 24.5 Å². The van der Waals surface area contributed by atoms with Crippen molar-refractivity contribution in [3.8, 4) is 16.5 Å². The van der Waals surface area contributed by atoms with Crippen LogP contribution in [0.15, 0.2) is 46.3 Å². The molecule has 0 saturated carbocycles. The number of hydrogen-bond acceptors (Lipinski definition) is 7. The Balaban J connectivity index is 1.46. The molecule has 7 heteroatoms. The third kappa shape index (κ3) is 4.70. The van der Waals surface area contributed by atoms with Crippen LogP contribution in [0.1, 0.15) is 32.2 Å². The average Bonchev–Trinajstić information content (AvgIpc) is 3.29. The van der Waals surface area contributed by atoms with Gasteiger partial charge < -0.3 is 14.0 Å². The van der Waals surface area contributed by atoms with Gasteiger partial charge in [-0.25, -0.2) is 4.79 Å². The second-order valence-corrected chi connectivity index (χ2v) is 7.66. The number of rotatable bonds is 6. The minimum atomic E-state index is -0.499. The van der Waals surface area contributed by atoms with E-state index in [4.69, 9.17) is 14.0 Å². The second kappa shape index (κ2) is 7.70. The summed E-state index contributed by atoms with van der Waals surface area (Å²) in [6.45, 7) is 6.16. The molecule has 2 heterocycles. The average molecular weight is 372 g/mol. The first-order valence-corrected chi connectivity index (χ1v) is 9.05. The molecule has 0 saturated heterocycles. The smallest absolute Gasteiger partial charge is 0.344 e. The topological polar surface area (TPSA) is 74.5 Å². The predicted molar refractivity (Wildman–Crippen MR) is 98.0 cm³/mol. The van der Waals surface area contributed by atoms with Crippen molar-refractivity contribution < 1.29 is 18.8 Å². The number of benzene rings is 1. The van der Waals surface area contributed by atoms with Crippen molar-refractivity contribution in [2.24, 2.45) is 0 Å². The van der Waals surface area contributed by atoms with Gasteiger partial charge in [0.2, 0.25) is 5.82 Å². The molecule has 6 nitrogen and oxygen atoms in total. The summed E-state index contributed by atoms with van der Waals surface area (Å²) in [6, 6.07) is 11.5. The zero-order valence-electron chi connectivity index (χ0n) is 14.9. The summed E-state index contributed by atoms with van der Waals surface area (Å²) in [6.07, 6.45) is 0. The molecule has 0 N–H and O–H groups in total. The Bertz CT molecular complexity index is 849. The molecule has 2 aromatic heterocycles. The minimum absolute atomic E-state index is 0.0729. The lowest BCUT2D eigenvalue weighted by Gasteiger charge is -2.19. The van der Waals surface area contributed by atoms with E-state index in [2.05, 4.69) is 30.9 Å². The van der Waals surface area contributed by atoms with Crippen molar-refractivity contribution in [1.82, 2.24) is 10.1 Å². The number of thiophene rings is 1. The molecule has 0 aliphatic heterocycles. The van der Waals surface area contributed by atoms with Crippen LogP contribution in [0.4, 0.5) is 0 Å².